The molecule has 0 aliphatic carbocycles. The summed E-state index contributed by atoms with van der Waals surface area (Å²) < 4.78 is 5.42. The van der Waals surface area contributed by atoms with E-state index in [-0.39, 0.29) is 18.9 Å². The molecule has 0 aromatic heterocycles. The number of quaternary nitrogens is 1. The number of hydrogen-bond acceptors (Lipinski definition) is 5. The van der Waals surface area contributed by atoms with Crippen molar-refractivity contribution in [3.05, 3.63) is 33.9 Å². The first-order chi connectivity index (χ1) is 9.45. The Bertz CT molecular complexity index is 458. The molecular weight excluding hydrogens is 264 g/mol. The second-order valence-electron chi connectivity index (χ2n) is 4.92. The first-order valence-corrected chi connectivity index (χ1v) is 6.32. The Morgan fingerprint density at radius 1 is 1.30 bits per heavy atom. The summed E-state index contributed by atoms with van der Waals surface area (Å²) in [4.78, 5) is 10.6. The average Bonchev–Trinajstić information content (AvgIpc) is 2.38. The van der Waals surface area contributed by atoms with Gasteiger partial charge in [0.25, 0.3) is 5.69 Å². The van der Waals surface area contributed by atoms with Gasteiger partial charge in [0.15, 0.2) is 0 Å². The van der Waals surface area contributed by atoms with Gasteiger partial charge in [-0.1, -0.05) is 0 Å². The van der Waals surface area contributed by atoms with E-state index in [1.807, 2.05) is 7.05 Å². The van der Waals surface area contributed by atoms with E-state index in [4.69, 9.17) is 14.9 Å². The molecule has 1 aromatic rings. The van der Waals surface area contributed by atoms with Crippen LogP contribution in [0.25, 0.3) is 0 Å². The quantitative estimate of drug-likeness (QED) is 0.413. The van der Waals surface area contributed by atoms with Crippen molar-refractivity contribution < 1.29 is 24.4 Å². The van der Waals surface area contributed by atoms with Gasteiger partial charge in [-0.3, -0.25) is 10.1 Å². The number of rotatable bonds is 8. The van der Waals surface area contributed by atoms with E-state index in [1.54, 1.807) is 12.1 Å². The number of aliphatic hydroxyl groups excluding tert-OH is 2. The smallest absolute Gasteiger partial charge is 0.278 e. The lowest BCUT2D eigenvalue weighted by Gasteiger charge is -2.33. The molecule has 7 heteroatoms. The fourth-order valence-electron chi connectivity index (χ4n) is 2.16. The molecule has 0 radical (unpaired) electrons. The molecule has 7 nitrogen and oxygen atoms in total. The second-order valence-corrected chi connectivity index (χ2v) is 4.92. The van der Waals surface area contributed by atoms with Gasteiger partial charge < -0.3 is 19.4 Å². The maximum absolute atomic E-state index is 11.1. The van der Waals surface area contributed by atoms with Crippen LogP contribution >= 0.6 is 0 Å². The highest BCUT2D eigenvalue weighted by molar-refractivity contribution is 5.44. The molecule has 0 saturated heterocycles. The molecule has 0 aliphatic heterocycles. The summed E-state index contributed by atoms with van der Waals surface area (Å²) in [6, 6.07) is 4.59. The molecule has 1 aromatic carbocycles. The van der Waals surface area contributed by atoms with E-state index >= 15 is 0 Å². The molecule has 0 amide bonds. The highest BCUT2D eigenvalue weighted by Crippen LogP contribution is 2.26. The summed E-state index contributed by atoms with van der Waals surface area (Å²) in [5.41, 5.74) is 0.546. The third-order valence-electron chi connectivity index (χ3n) is 3.32. The summed E-state index contributed by atoms with van der Waals surface area (Å²) >= 11 is 0. The van der Waals surface area contributed by atoms with Crippen molar-refractivity contribution in [2.45, 2.75) is 6.54 Å². The number of methoxy groups -OCH3 is 1. The summed E-state index contributed by atoms with van der Waals surface area (Å²) in [5, 5.41) is 29.3. The van der Waals surface area contributed by atoms with Crippen LogP contribution in [-0.2, 0) is 6.54 Å². The highest BCUT2D eigenvalue weighted by Gasteiger charge is 2.26. The Balaban J connectivity index is 3.12. The molecule has 0 heterocycles. The van der Waals surface area contributed by atoms with Gasteiger partial charge in [-0.25, -0.2) is 0 Å². The van der Waals surface area contributed by atoms with Crippen LogP contribution < -0.4 is 4.74 Å². The first kappa shape index (κ1) is 16.4. The lowest BCUT2D eigenvalue weighted by molar-refractivity contribution is -0.923. The van der Waals surface area contributed by atoms with E-state index < -0.39 is 4.92 Å². The maximum atomic E-state index is 11.1. The third-order valence-corrected chi connectivity index (χ3v) is 3.32. The normalized spacial score (nSPS) is 11.4. The van der Waals surface area contributed by atoms with Crippen molar-refractivity contribution in [1.82, 2.24) is 0 Å². The molecule has 0 saturated carbocycles. The summed E-state index contributed by atoms with van der Waals surface area (Å²) in [5.74, 6) is 0.546. The van der Waals surface area contributed by atoms with Crippen molar-refractivity contribution in [3.63, 3.8) is 0 Å². The van der Waals surface area contributed by atoms with Gasteiger partial charge in [0.1, 0.15) is 25.4 Å². The number of benzene rings is 1. The van der Waals surface area contributed by atoms with Crippen LogP contribution in [0.3, 0.4) is 0 Å². The SMILES string of the molecule is COc1ccc([N+](=O)[O-])c(C[N+](C)(CCO)CCO)c1. The van der Waals surface area contributed by atoms with Crippen LogP contribution in [0.4, 0.5) is 5.69 Å². The zero-order chi connectivity index (χ0) is 15.2. The minimum atomic E-state index is -0.434. The van der Waals surface area contributed by atoms with Crippen LogP contribution in [0.2, 0.25) is 0 Å². The summed E-state index contributed by atoms with van der Waals surface area (Å²) in [6.07, 6.45) is 0. The number of aliphatic hydroxyl groups is 2. The molecule has 0 fully saturated rings. The van der Waals surface area contributed by atoms with E-state index in [0.29, 0.717) is 35.4 Å². The standard InChI is InChI=1S/C13H21N2O5/c1-15(5-7-16,6-8-17)10-11-9-12(20-2)3-4-13(11)14(18)19/h3-4,9,16-17H,5-8,10H2,1-2H3/q+1. The Labute approximate surface area is 117 Å². The van der Waals surface area contributed by atoms with Crippen LogP contribution in [0.15, 0.2) is 18.2 Å². The van der Waals surface area contributed by atoms with Gasteiger partial charge in [0.2, 0.25) is 0 Å². The van der Waals surface area contributed by atoms with Gasteiger partial charge in [-0.15, -0.1) is 0 Å². The van der Waals surface area contributed by atoms with Crippen molar-refractivity contribution in [2.75, 3.05) is 40.5 Å². The van der Waals surface area contributed by atoms with E-state index in [9.17, 15) is 10.1 Å². The summed E-state index contributed by atoms with van der Waals surface area (Å²) in [7, 11) is 3.34. The summed E-state index contributed by atoms with van der Waals surface area (Å²) in [6.45, 7) is 1.07. The number of nitro benzene ring substituents is 1. The van der Waals surface area contributed by atoms with E-state index in [2.05, 4.69) is 0 Å². The van der Waals surface area contributed by atoms with Crippen molar-refractivity contribution in [1.29, 1.82) is 0 Å². The highest BCUT2D eigenvalue weighted by atomic mass is 16.6. The number of nitrogens with zero attached hydrogens (tertiary/aromatic N) is 2. The van der Waals surface area contributed by atoms with Crippen LogP contribution in [0.1, 0.15) is 5.56 Å². The van der Waals surface area contributed by atoms with Crippen LogP contribution in [0.5, 0.6) is 5.75 Å². The Hall–Kier alpha value is -1.70. The Morgan fingerprint density at radius 2 is 1.90 bits per heavy atom. The second kappa shape index (κ2) is 7.18. The molecule has 0 aliphatic rings. The fraction of sp³-hybridized carbons (Fsp3) is 0.538. The number of likely N-dealkylation sites (N-methyl/N-ethyl adjacent to an activating group) is 1. The number of hydrogen-bond donors (Lipinski definition) is 2. The van der Waals surface area contributed by atoms with Crippen molar-refractivity contribution in [3.8, 4) is 5.75 Å². The lowest BCUT2D eigenvalue weighted by atomic mass is 10.1. The van der Waals surface area contributed by atoms with Gasteiger partial charge in [-0.2, -0.15) is 0 Å². The van der Waals surface area contributed by atoms with Gasteiger partial charge >= 0.3 is 0 Å². The van der Waals surface area contributed by atoms with Crippen LogP contribution in [0, 0.1) is 10.1 Å². The third kappa shape index (κ3) is 4.16. The molecule has 2 N–H and O–H groups in total. The topological polar surface area (TPSA) is 92.8 Å². The Kier molecular flexibility index (Phi) is 5.87. The molecule has 112 valence electrons. The molecule has 0 spiro atoms. The predicted molar refractivity (Wildman–Crippen MR) is 73.4 cm³/mol. The first-order valence-electron chi connectivity index (χ1n) is 6.32. The molecule has 20 heavy (non-hydrogen) atoms. The largest absolute Gasteiger partial charge is 0.497 e. The molecule has 1 rings (SSSR count). The number of nitro groups is 1. The van der Waals surface area contributed by atoms with E-state index in [1.165, 1.54) is 13.2 Å². The minimum absolute atomic E-state index is 0.0195. The lowest BCUT2D eigenvalue weighted by Crippen LogP contribution is -2.47. The van der Waals surface area contributed by atoms with Gasteiger partial charge in [-0.05, 0) is 12.1 Å². The molecule has 0 atom stereocenters. The van der Waals surface area contributed by atoms with Crippen LogP contribution in [-0.4, -0.2) is 60.1 Å². The van der Waals surface area contributed by atoms with Gasteiger partial charge in [0.05, 0.1) is 37.9 Å². The fourth-order valence-corrected chi connectivity index (χ4v) is 2.16. The molecule has 0 unspecified atom stereocenters. The molecule has 0 bridgehead atoms. The van der Waals surface area contributed by atoms with Crippen molar-refractivity contribution in [2.24, 2.45) is 0 Å². The zero-order valence-corrected chi connectivity index (χ0v) is 11.8. The number of ether oxygens (including phenoxy) is 1. The molecular formula is C13H21N2O5+. The zero-order valence-electron chi connectivity index (χ0n) is 11.8. The minimum Gasteiger partial charge on any atom is -0.497 e. The maximum Gasteiger partial charge on any atom is 0.278 e. The van der Waals surface area contributed by atoms with Crippen molar-refractivity contribution >= 4 is 5.69 Å². The monoisotopic (exact) mass is 285 g/mol. The average molecular weight is 285 g/mol. The predicted octanol–water partition coefficient (Wildman–Crippen LogP) is 0.535. The Morgan fingerprint density at radius 3 is 2.35 bits per heavy atom. The van der Waals surface area contributed by atoms with Gasteiger partial charge in [0, 0.05) is 6.07 Å². The van der Waals surface area contributed by atoms with E-state index in [0.717, 1.165) is 0 Å².